The first-order valence-corrected chi connectivity index (χ1v) is 12.1. The number of nitrogens with one attached hydrogen (secondary N) is 1. The number of rotatable bonds is 6. The highest BCUT2D eigenvalue weighted by atomic mass is 32.2. The first-order chi connectivity index (χ1) is 14.7. The highest BCUT2D eigenvalue weighted by Gasteiger charge is 2.24. The van der Waals surface area contributed by atoms with Gasteiger partial charge in [-0.15, -0.1) is 0 Å². The fraction of sp³-hybridized carbons (Fsp3) is 0.409. The lowest BCUT2D eigenvalue weighted by molar-refractivity contribution is -0.114. The Morgan fingerprint density at radius 2 is 1.81 bits per heavy atom. The molecule has 1 fully saturated rings. The molecule has 4 rings (SSSR count). The second kappa shape index (κ2) is 8.05. The molecule has 0 unspecified atom stereocenters. The van der Waals surface area contributed by atoms with E-state index in [1.54, 1.807) is 6.20 Å². The van der Waals surface area contributed by atoms with Crippen molar-refractivity contribution in [2.75, 3.05) is 37.3 Å². The van der Waals surface area contributed by atoms with E-state index in [1.807, 2.05) is 44.3 Å². The van der Waals surface area contributed by atoms with Crippen LogP contribution >= 0.6 is 0 Å². The SMILES string of the molecule is CC(C)(C=O)Cc1c[nH]c2ncc(-c3ccc(N4CCN(S(C)(=O)=O)CC4)cc3)nc12. The molecule has 1 N–H and O–H groups in total. The number of aromatic amines is 1. The fourth-order valence-electron chi connectivity index (χ4n) is 3.87. The minimum atomic E-state index is -3.13. The lowest BCUT2D eigenvalue weighted by atomic mass is 9.88. The van der Waals surface area contributed by atoms with Gasteiger partial charge >= 0.3 is 0 Å². The number of carbonyl (C=O) groups is 1. The Morgan fingerprint density at radius 3 is 2.42 bits per heavy atom. The molecule has 1 aromatic carbocycles. The van der Waals surface area contributed by atoms with Crippen LogP contribution in [0.5, 0.6) is 0 Å². The Hall–Kier alpha value is -2.78. The number of H-pyrrole nitrogens is 1. The number of piperazine rings is 1. The van der Waals surface area contributed by atoms with E-state index in [1.165, 1.54) is 10.6 Å². The summed E-state index contributed by atoms with van der Waals surface area (Å²) in [6.45, 7) is 6.14. The zero-order valence-corrected chi connectivity index (χ0v) is 18.8. The Labute approximate surface area is 182 Å². The Balaban J connectivity index is 1.53. The number of aromatic nitrogens is 3. The molecule has 0 amide bonds. The van der Waals surface area contributed by atoms with Crippen LogP contribution in [-0.2, 0) is 21.2 Å². The summed E-state index contributed by atoms with van der Waals surface area (Å²) < 4.78 is 24.9. The van der Waals surface area contributed by atoms with Crippen molar-refractivity contribution in [2.24, 2.45) is 5.41 Å². The van der Waals surface area contributed by atoms with E-state index in [9.17, 15) is 13.2 Å². The summed E-state index contributed by atoms with van der Waals surface area (Å²) in [5.74, 6) is 0. The van der Waals surface area contributed by atoms with E-state index in [-0.39, 0.29) is 0 Å². The van der Waals surface area contributed by atoms with E-state index in [0.717, 1.165) is 34.3 Å². The molecule has 0 atom stereocenters. The van der Waals surface area contributed by atoms with Crippen LogP contribution in [-0.4, -0.2) is 66.4 Å². The molecule has 3 aromatic rings. The van der Waals surface area contributed by atoms with Crippen molar-refractivity contribution >= 4 is 33.2 Å². The summed E-state index contributed by atoms with van der Waals surface area (Å²) in [5, 5.41) is 0. The molecular weight excluding hydrogens is 414 g/mol. The van der Waals surface area contributed by atoms with Crippen LogP contribution in [0.1, 0.15) is 19.4 Å². The molecule has 1 aliphatic heterocycles. The summed E-state index contributed by atoms with van der Waals surface area (Å²) in [4.78, 5) is 26.0. The minimum Gasteiger partial charge on any atom is -0.369 e. The van der Waals surface area contributed by atoms with Crippen LogP contribution in [0.3, 0.4) is 0 Å². The molecule has 31 heavy (non-hydrogen) atoms. The van der Waals surface area contributed by atoms with Gasteiger partial charge in [0.2, 0.25) is 10.0 Å². The van der Waals surface area contributed by atoms with Crippen LogP contribution < -0.4 is 4.90 Å². The molecule has 2 aromatic heterocycles. The summed E-state index contributed by atoms with van der Waals surface area (Å²) in [6.07, 6.45) is 6.43. The van der Waals surface area contributed by atoms with Crippen LogP contribution in [0.15, 0.2) is 36.7 Å². The van der Waals surface area contributed by atoms with Gasteiger partial charge in [0, 0.05) is 49.0 Å². The van der Waals surface area contributed by atoms with E-state index >= 15 is 0 Å². The van der Waals surface area contributed by atoms with Crippen molar-refractivity contribution in [3.05, 3.63) is 42.2 Å². The smallest absolute Gasteiger partial charge is 0.211 e. The molecule has 9 heteroatoms. The average molecular weight is 442 g/mol. The van der Waals surface area contributed by atoms with Crippen LogP contribution in [0.2, 0.25) is 0 Å². The molecule has 1 aliphatic rings. The van der Waals surface area contributed by atoms with E-state index in [2.05, 4.69) is 14.9 Å². The second-order valence-corrected chi connectivity index (χ2v) is 10.7. The maximum absolute atomic E-state index is 11.7. The second-order valence-electron chi connectivity index (χ2n) is 8.75. The summed E-state index contributed by atoms with van der Waals surface area (Å²) in [6, 6.07) is 8.08. The van der Waals surface area contributed by atoms with E-state index < -0.39 is 15.4 Å². The standard InChI is InChI=1S/C22H27N5O3S/c1-22(2,15-28)12-17-13-23-21-20(17)25-19(14-24-21)16-4-6-18(7-5-16)26-8-10-27(11-9-26)31(3,29)30/h4-7,13-15H,8-12H2,1-3H3,(H,23,24). The topological polar surface area (TPSA) is 99.3 Å². The first kappa shape index (κ1) is 21.5. The number of hydrogen-bond acceptors (Lipinski definition) is 6. The number of nitrogens with zero attached hydrogens (tertiary/aromatic N) is 4. The van der Waals surface area contributed by atoms with E-state index in [0.29, 0.717) is 38.2 Å². The maximum atomic E-state index is 11.7. The number of anilines is 1. The van der Waals surface area contributed by atoms with Crippen molar-refractivity contribution in [3.8, 4) is 11.3 Å². The highest BCUT2D eigenvalue weighted by Crippen LogP contribution is 2.27. The first-order valence-electron chi connectivity index (χ1n) is 10.3. The fourth-order valence-corrected chi connectivity index (χ4v) is 4.70. The van der Waals surface area contributed by atoms with Crippen molar-refractivity contribution in [1.29, 1.82) is 0 Å². The van der Waals surface area contributed by atoms with Crippen molar-refractivity contribution in [1.82, 2.24) is 19.3 Å². The summed E-state index contributed by atoms with van der Waals surface area (Å²) >= 11 is 0. The van der Waals surface area contributed by atoms with Crippen LogP contribution in [0.25, 0.3) is 22.4 Å². The largest absolute Gasteiger partial charge is 0.369 e. The predicted molar refractivity (Wildman–Crippen MR) is 122 cm³/mol. The lowest BCUT2D eigenvalue weighted by Crippen LogP contribution is -2.48. The number of hydrogen-bond donors (Lipinski definition) is 1. The highest BCUT2D eigenvalue weighted by molar-refractivity contribution is 7.88. The van der Waals surface area contributed by atoms with Crippen LogP contribution in [0.4, 0.5) is 5.69 Å². The maximum Gasteiger partial charge on any atom is 0.211 e. The summed E-state index contributed by atoms with van der Waals surface area (Å²) in [5.41, 5.74) is 4.78. The predicted octanol–water partition coefficient (Wildman–Crippen LogP) is 2.47. The van der Waals surface area contributed by atoms with Crippen LogP contribution in [0, 0.1) is 5.41 Å². The van der Waals surface area contributed by atoms with Gasteiger partial charge in [-0.25, -0.2) is 18.4 Å². The van der Waals surface area contributed by atoms with Gasteiger partial charge in [-0.05, 0) is 24.1 Å². The van der Waals surface area contributed by atoms with Crippen molar-refractivity contribution in [2.45, 2.75) is 20.3 Å². The number of sulfonamides is 1. The Morgan fingerprint density at radius 1 is 1.13 bits per heavy atom. The van der Waals surface area contributed by atoms with Gasteiger partial charge < -0.3 is 14.7 Å². The zero-order valence-electron chi connectivity index (χ0n) is 18.0. The van der Waals surface area contributed by atoms with Crippen molar-refractivity contribution in [3.63, 3.8) is 0 Å². The number of carbonyl (C=O) groups excluding carboxylic acids is 1. The number of aldehydes is 1. The molecular formula is C22H27N5O3S. The Bertz CT molecular complexity index is 1190. The number of benzene rings is 1. The molecule has 8 nitrogen and oxygen atoms in total. The van der Waals surface area contributed by atoms with Gasteiger partial charge in [0.15, 0.2) is 5.65 Å². The monoisotopic (exact) mass is 441 g/mol. The number of fused-ring (bicyclic) bond motifs is 1. The molecule has 1 saturated heterocycles. The third-order valence-corrected chi connectivity index (χ3v) is 6.96. The van der Waals surface area contributed by atoms with Gasteiger partial charge in [0.05, 0.1) is 18.1 Å². The third-order valence-electron chi connectivity index (χ3n) is 5.66. The molecule has 0 spiro atoms. The van der Waals surface area contributed by atoms with Gasteiger partial charge in [-0.3, -0.25) is 0 Å². The Kier molecular flexibility index (Phi) is 5.57. The molecule has 3 heterocycles. The molecule has 0 aliphatic carbocycles. The third kappa shape index (κ3) is 4.62. The zero-order chi connectivity index (χ0) is 22.2. The van der Waals surface area contributed by atoms with Gasteiger partial charge in [-0.2, -0.15) is 4.31 Å². The normalized spacial score (nSPS) is 16.0. The molecule has 0 bridgehead atoms. The van der Waals surface area contributed by atoms with Gasteiger partial charge in [-0.1, -0.05) is 26.0 Å². The molecule has 0 saturated carbocycles. The molecule has 0 radical (unpaired) electrons. The average Bonchev–Trinajstić information content (AvgIpc) is 3.15. The lowest BCUT2D eigenvalue weighted by Gasteiger charge is -2.34. The van der Waals surface area contributed by atoms with Gasteiger partial charge in [0.1, 0.15) is 11.8 Å². The van der Waals surface area contributed by atoms with Gasteiger partial charge in [0.25, 0.3) is 0 Å². The quantitative estimate of drug-likeness (QED) is 0.590. The van der Waals surface area contributed by atoms with E-state index in [4.69, 9.17) is 4.98 Å². The van der Waals surface area contributed by atoms with Crippen molar-refractivity contribution < 1.29 is 13.2 Å². The summed E-state index contributed by atoms with van der Waals surface area (Å²) in [7, 11) is -3.13. The molecule has 164 valence electrons. The minimum absolute atomic E-state index is 0.463.